The molecule has 0 unspecified atom stereocenters. The van der Waals surface area contributed by atoms with Crippen molar-refractivity contribution in [1.29, 1.82) is 0 Å². The molecular formula is C15H12ClNO3S2. The summed E-state index contributed by atoms with van der Waals surface area (Å²) in [5.74, 6) is 0.868. The van der Waals surface area contributed by atoms with Crippen LogP contribution in [0.3, 0.4) is 0 Å². The van der Waals surface area contributed by atoms with Gasteiger partial charge in [0.1, 0.15) is 5.02 Å². The van der Waals surface area contributed by atoms with E-state index in [1.165, 1.54) is 13.3 Å². The van der Waals surface area contributed by atoms with Crippen molar-refractivity contribution in [3.8, 4) is 11.5 Å². The minimum Gasteiger partial charge on any atom is -0.618 e. The van der Waals surface area contributed by atoms with Gasteiger partial charge in [-0.15, -0.1) is 0 Å². The molecular weight excluding hydrogens is 342 g/mol. The smallest absolute Gasteiger partial charge is 0.235 e. The van der Waals surface area contributed by atoms with Crippen LogP contribution < -0.4 is 9.47 Å². The summed E-state index contributed by atoms with van der Waals surface area (Å²) in [6.07, 6.45) is 1.40. The van der Waals surface area contributed by atoms with Crippen molar-refractivity contribution >= 4 is 52.7 Å². The lowest BCUT2D eigenvalue weighted by molar-refractivity contribution is -0.354. The van der Waals surface area contributed by atoms with Gasteiger partial charge >= 0.3 is 0 Å². The van der Waals surface area contributed by atoms with Gasteiger partial charge in [0.15, 0.2) is 17.7 Å². The summed E-state index contributed by atoms with van der Waals surface area (Å²) in [6, 6.07) is 11.8. The Morgan fingerprint density at radius 1 is 1.27 bits per heavy atom. The molecule has 0 aliphatic rings. The fourth-order valence-corrected chi connectivity index (χ4v) is 2.19. The van der Waals surface area contributed by atoms with E-state index in [1.54, 1.807) is 42.5 Å². The van der Waals surface area contributed by atoms with Crippen LogP contribution in [-0.2, 0) is 0 Å². The topological polar surface area (TPSA) is 44.5 Å². The Labute approximate surface area is 143 Å². The van der Waals surface area contributed by atoms with Crippen LogP contribution in [0.25, 0.3) is 0 Å². The highest BCUT2D eigenvalue weighted by Gasteiger charge is 2.10. The number of nitrogens with zero attached hydrogens (tertiary/aromatic N) is 1. The molecule has 22 heavy (non-hydrogen) atoms. The molecule has 0 aliphatic carbocycles. The fourth-order valence-electron chi connectivity index (χ4n) is 1.78. The summed E-state index contributed by atoms with van der Waals surface area (Å²) >= 11 is 14.7. The molecule has 7 heteroatoms. The molecule has 0 amide bonds. The zero-order valence-electron chi connectivity index (χ0n) is 11.5. The number of rotatable bonds is 4. The first-order valence-electron chi connectivity index (χ1n) is 6.16. The second kappa shape index (κ2) is 7.49. The number of thiocarbonyl (C=S) groups is 1. The summed E-state index contributed by atoms with van der Waals surface area (Å²) in [5, 5.41) is 12.5. The molecule has 0 spiro atoms. The maximum Gasteiger partial charge on any atom is 0.235 e. The highest BCUT2D eigenvalue weighted by atomic mass is 35.5. The van der Waals surface area contributed by atoms with Crippen LogP contribution in [0, 0.1) is 5.21 Å². The molecule has 0 saturated carbocycles. The third-order valence-corrected chi connectivity index (χ3v) is 3.24. The zero-order chi connectivity index (χ0) is 16.1. The van der Waals surface area contributed by atoms with E-state index in [4.69, 9.17) is 33.3 Å². The van der Waals surface area contributed by atoms with E-state index in [-0.39, 0.29) is 4.38 Å². The molecule has 2 aromatic carbocycles. The molecule has 2 aromatic rings. The van der Waals surface area contributed by atoms with Crippen LogP contribution in [0.2, 0.25) is 5.02 Å². The van der Waals surface area contributed by atoms with Crippen LogP contribution in [0.1, 0.15) is 5.56 Å². The number of hydrogen-bond acceptors (Lipinski definition) is 4. The van der Waals surface area contributed by atoms with Gasteiger partial charge in [-0.1, -0.05) is 36.4 Å². The number of hydrogen-bond donors (Lipinski definition) is 1. The van der Waals surface area contributed by atoms with Crippen molar-refractivity contribution in [2.45, 2.75) is 0 Å². The van der Waals surface area contributed by atoms with Crippen molar-refractivity contribution in [3.63, 3.8) is 0 Å². The second-order valence-corrected chi connectivity index (χ2v) is 5.67. The number of ether oxygens (including phenoxy) is 2. The van der Waals surface area contributed by atoms with Crippen molar-refractivity contribution in [2.75, 3.05) is 7.11 Å². The first kappa shape index (κ1) is 16.6. The normalized spacial score (nSPS) is 11.1. The molecule has 0 atom stereocenters. The molecule has 0 bridgehead atoms. The van der Waals surface area contributed by atoms with E-state index in [2.05, 4.69) is 12.6 Å². The van der Waals surface area contributed by atoms with Gasteiger partial charge in [0.2, 0.25) is 10.1 Å². The van der Waals surface area contributed by atoms with E-state index in [0.717, 1.165) is 0 Å². The monoisotopic (exact) mass is 353 g/mol. The van der Waals surface area contributed by atoms with Gasteiger partial charge in [0.25, 0.3) is 0 Å². The lowest BCUT2D eigenvalue weighted by Crippen LogP contribution is -2.02. The molecule has 4 nitrogen and oxygen atoms in total. The quantitative estimate of drug-likeness (QED) is 0.223. The van der Waals surface area contributed by atoms with Gasteiger partial charge in [-0.25, -0.2) is 0 Å². The Bertz CT molecular complexity index is 734. The average molecular weight is 354 g/mol. The molecule has 0 aromatic heterocycles. The van der Waals surface area contributed by atoms with Gasteiger partial charge in [-0.2, -0.15) is 4.74 Å². The molecule has 0 radical (unpaired) electrons. The lowest BCUT2D eigenvalue weighted by atomic mass is 10.2. The Morgan fingerprint density at radius 2 is 2.00 bits per heavy atom. The molecule has 0 heterocycles. The van der Waals surface area contributed by atoms with Crippen LogP contribution >= 0.6 is 36.4 Å². The molecule has 114 valence electrons. The predicted octanol–water partition coefficient (Wildman–Crippen LogP) is 4.20. The van der Waals surface area contributed by atoms with Gasteiger partial charge in [-0.05, 0) is 36.5 Å². The molecule has 0 saturated heterocycles. The number of benzene rings is 2. The minimum atomic E-state index is 0.0801. The van der Waals surface area contributed by atoms with Crippen LogP contribution in [-0.4, -0.2) is 22.4 Å². The number of thiol groups is 1. The van der Waals surface area contributed by atoms with Crippen molar-refractivity contribution in [3.05, 3.63) is 58.3 Å². The highest BCUT2D eigenvalue weighted by Crippen LogP contribution is 2.29. The van der Waals surface area contributed by atoms with Crippen molar-refractivity contribution in [2.24, 2.45) is 0 Å². The number of methoxy groups -OCH3 is 1. The summed E-state index contributed by atoms with van der Waals surface area (Å²) in [4.78, 5) is 0. The average Bonchev–Trinajstić information content (AvgIpc) is 2.48. The summed E-state index contributed by atoms with van der Waals surface area (Å²) in [7, 11) is 1.50. The fraction of sp³-hybridized carbons (Fsp3) is 0.0667. The van der Waals surface area contributed by atoms with Crippen LogP contribution in [0.4, 0.5) is 5.69 Å². The third kappa shape index (κ3) is 4.13. The van der Waals surface area contributed by atoms with Gasteiger partial charge in [0.05, 0.1) is 7.11 Å². The SMILES string of the molecule is COc1cc(/C=[N+](\[O-])c2ccccc2Cl)ccc1OC(=S)S. The standard InChI is InChI=1S/C15H12ClNO3S2/c1-19-14-8-10(6-7-13(14)20-15(21)22)9-17(18)12-5-3-2-4-11(12)16/h2-9H,1H3,(H,21,22)/b17-9-. The van der Waals surface area contributed by atoms with Crippen molar-refractivity contribution < 1.29 is 14.2 Å². The Morgan fingerprint density at radius 3 is 2.64 bits per heavy atom. The van der Waals surface area contributed by atoms with Crippen LogP contribution in [0.15, 0.2) is 42.5 Å². The van der Waals surface area contributed by atoms with E-state index in [1.807, 2.05) is 0 Å². The van der Waals surface area contributed by atoms with Gasteiger partial charge in [-0.3, -0.25) is 0 Å². The summed E-state index contributed by atoms with van der Waals surface area (Å²) in [5.41, 5.74) is 0.990. The molecule has 2 rings (SSSR count). The Balaban J connectivity index is 2.35. The summed E-state index contributed by atoms with van der Waals surface area (Å²) in [6.45, 7) is 0. The number of halogens is 1. The van der Waals surface area contributed by atoms with E-state index in [9.17, 15) is 5.21 Å². The first-order chi connectivity index (χ1) is 10.5. The minimum absolute atomic E-state index is 0.0801. The maximum atomic E-state index is 12.2. The van der Waals surface area contributed by atoms with E-state index < -0.39 is 0 Å². The number of para-hydroxylation sites is 1. The van der Waals surface area contributed by atoms with E-state index >= 15 is 0 Å². The molecule has 0 aliphatic heterocycles. The first-order valence-corrected chi connectivity index (χ1v) is 7.39. The van der Waals surface area contributed by atoms with Gasteiger partial charge in [0, 0.05) is 11.6 Å². The molecule has 0 fully saturated rings. The second-order valence-electron chi connectivity index (χ2n) is 4.18. The summed E-state index contributed by atoms with van der Waals surface area (Å²) < 4.78 is 11.2. The molecule has 0 N–H and O–H groups in total. The maximum absolute atomic E-state index is 12.2. The van der Waals surface area contributed by atoms with Crippen LogP contribution in [0.5, 0.6) is 11.5 Å². The van der Waals surface area contributed by atoms with E-state index in [0.29, 0.717) is 32.5 Å². The Kier molecular flexibility index (Phi) is 5.65. The third-order valence-electron chi connectivity index (χ3n) is 2.74. The zero-order valence-corrected chi connectivity index (χ0v) is 14.0. The lowest BCUT2D eigenvalue weighted by Gasteiger charge is -2.09. The highest BCUT2D eigenvalue weighted by molar-refractivity contribution is 8.10. The Hall–Kier alpha value is -1.76. The predicted molar refractivity (Wildman–Crippen MR) is 95.1 cm³/mol. The van der Waals surface area contributed by atoms with Gasteiger partial charge < -0.3 is 14.7 Å². The largest absolute Gasteiger partial charge is 0.618 e. The van der Waals surface area contributed by atoms with Crippen molar-refractivity contribution in [1.82, 2.24) is 0 Å².